The SMILES string of the molecule is CC(C)Cc1ccc(CN2CCC[C@H](NC(=O)CN(C)Cc3cccnc3)C2)cc1. The number of benzene rings is 1. The normalized spacial score (nSPS) is 17.4. The topological polar surface area (TPSA) is 48.5 Å². The van der Waals surface area contributed by atoms with E-state index >= 15 is 0 Å². The van der Waals surface area contributed by atoms with Gasteiger partial charge in [0.25, 0.3) is 0 Å². The molecule has 5 nitrogen and oxygen atoms in total. The van der Waals surface area contributed by atoms with E-state index in [4.69, 9.17) is 0 Å². The fraction of sp³-hybridized carbons (Fsp3) is 0.520. The number of carbonyl (C=O) groups excluding carboxylic acids is 1. The van der Waals surface area contributed by atoms with E-state index in [1.807, 2.05) is 30.3 Å². The molecule has 0 radical (unpaired) electrons. The molecule has 5 heteroatoms. The molecule has 1 aliphatic heterocycles. The van der Waals surface area contributed by atoms with Crippen molar-refractivity contribution in [2.45, 2.75) is 52.2 Å². The van der Waals surface area contributed by atoms with Crippen molar-refractivity contribution in [1.82, 2.24) is 20.1 Å². The Labute approximate surface area is 181 Å². The Hall–Kier alpha value is -2.24. The molecule has 2 heterocycles. The van der Waals surface area contributed by atoms with Crippen LogP contribution in [0.5, 0.6) is 0 Å². The van der Waals surface area contributed by atoms with Gasteiger partial charge in [0.05, 0.1) is 6.54 Å². The van der Waals surface area contributed by atoms with E-state index in [0.29, 0.717) is 12.5 Å². The summed E-state index contributed by atoms with van der Waals surface area (Å²) in [4.78, 5) is 21.2. The van der Waals surface area contributed by atoms with Crippen molar-refractivity contribution < 1.29 is 4.79 Å². The van der Waals surface area contributed by atoms with Gasteiger partial charge in [0.1, 0.15) is 0 Å². The van der Waals surface area contributed by atoms with Crippen molar-refractivity contribution in [2.24, 2.45) is 5.92 Å². The summed E-state index contributed by atoms with van der Waals surface area (Å²) in [7, 11) is 1.97. The maximum atomic E-state index is 12.5. The van der Waals surface area contributed by atoms with Crippen LogP contribution < -0.4 is 5.32 Å². The number of hydrogen-bond acceptors (Lipinski definition) is 4. The molecular weight excluding hydrogens is 372 g/mol. The molecule has 1 saturated heterocycles. The van der Waals surface area contributed by atoms with E-state index < -0.39 is 0 Å². The first-order chi connectivity index (χ1) is 14.5. The molecule has 0 aliphatic carbocycles. The largest absolute Gasteiger partial charge is 0.351 e. The van der Waals surface area contributed by atoms with Crippen LogP contribution in [0.25, 0.3) is 0 Å². The van der Waals surface area contributed by atoms with Crippen molar-refractivity contribution in [3.63, 3.8) is 0 Å². The van der Waals surface area contributed by atoms with Gasteiger partial charge in [-0.3, -0.25) is 19.6 Å². The molecule has 0 saturated carbocycles. The van der Waals surface area contributed by atoms with E-state index in [2.05, 4.69) is 53.3 Å². The van der Waals surface area contributed by atoms with E-state index in [1.54, 1.807) is 6.20 Å². The summed E-state index contributed by atoms with van der Waals surface area (Å²) < 4.78 is 0. The minimum Gasteiger partial charge on any atom is -0.351 e. The van der Waals surface area contributed by atoms with Crippen LogP contribution in [0.3, 0.4) is 0 Å². The minimum atomic E-state index is 0.103. The zero-order valence-corrected chi connectivity index (χ0v) is 18.7. The maximum absolute atomic E-state index is 12.5. The molecule has 1 aromatic carbocycles. The van der Waals surface area contributed by atoms with Crippen LogP contribution in [0.15, 0.2) is 48.8 Å². The Kier molecular flexibility index (Phi) is 8.40. The van der Waals surface area contributed by atoms with E-state index in [9.17, 15) is 4.79 Å². The minimum absolute atomic E-state index is 0.103. The second-order valence-corrected chi connectivity index (χ2v) is 9.09. The van der Waals surface area contributed by atoms with E-state index in [-0.39, 0.29) is 11.9 Å². The van der Waals surface area contributed by atoms with Crippen LogP contribution in [0.2, 0.25) is 0 Å². The average molecular weight is 409 g/mol. The fourth-order valence-corrected chi connectivity index (χ4v) is 4.21. The third kappa shape index (κ3) is 7.54. The lowest BCUT2D eigenvalue weighted by Crippen LogP contribution is -2.49. The number of pyridine rings is 1. The molecule has 2 aromatic rings. The van der Waals surface area contributed by atoms with Crippen molar-refractivity contribution in [2.75, 3.05) is 26.7 Å². The first-order valence-electron chi connectivity index (χ1n) is 11.1. The van der Waals surface area contributed by atoms with Crippen LogP contribution in [0.4, 0.5) is 0 Å². The Balaban J connectivity index is 1.43. The van der Waals surface area contributed by atoms with Gasteiger partial charge >= 0.3 is 0 Å². The summed E-state index contributed by atoms with van der Waals surface area (Å²) in [5.74, 6) is 0.789. The van der Waals surface area contributed by atoms with Crippen molar-refractivity contribution in [3.05, 3.63) is 65.5 Å². The maximum Gasteiger partial charge on any atom is 0.234 e. The number of amides is 1. The van der Waals surface area contributed by atoms with Crippen molar-refractivity contribution in [1.29, 1.82) is 0 Å². The number of piperidine rings is 1. The molecule has 3 rings (SSSR count). The summed E-state index contributed by atoms with van der Waals surface area (Å²) >= 11 is 0. The standard InChI is InChI=1S/C25H36N4O/c1-20(2)14-21-8-10-22(11-9-21)17-29-13-5-7-24(18-29)27-25(30)19-28(3)16-23-6-4-12-26-15-23/h4,6,8-12,15,20,24H,5,7,13-14,16-19H2,1-3H3,(H,27,30)/t24-/m0/s1. The summed E-state index contributed by atoms with van der Waals surface area (Å²) in [6.07, 6.45) is 6.94. The highest BCUT2D eigenvalue weighted by molar-refractivity contribution is 5.78. The van der Waals surface area contributed by atoms with Gasteiger partial charge < -0.3 is 5.32 Å². The fourth-order valence-electron chi connectivity index (χ4n) is 4.21. The number of hydrogen-bond donors (Lipinski definition) is 1. The van der Waals surface area contributed by atoms with Crippen LogP contribution in [0.1, 0.15) is 43.4 Å². The first kappa shape index (κ1) is 22.4. The highest BCUT2D eigenvalue weighted by Gasteiger charge is 2.22. The zero-order valence-electron chi connectivity index (χ0n) is 18.7. The van der Waals surface area contributed by atoms with E-state index in [1.165, 1.54) is 11.1 Å². The number of nitrogens with one attached hydrogen (secondary N) is 1. The molecular formula is C25H36N4O. The van der Waals surface area contributed by atoms with Crippen LogP contribution >= 0.6 is 0 Å². The van der Waals surface area contributed by atoms with Gasteiger partial charge in [-0.2, -0.15) is 0 Å². The molecule has 1 amide bonds. The van der Waals surface area contributed by atoms with Gasteiger partial charge in [-0.25, -0.2) is 0 Å². The summed E-state index contributed by atoms with van der Waals surface area (Å²) in [6.45, 7) is 8.62. The number of aromatic nitrogens is 1. The molecule has 1 atom stereocenters. The van der Waals surface area contributed by atoms with Crippen LogP contribution in [-0.2, 0) is 24.3 Å². The Morgan fingerprint density at radius 3 is 2.67 bits per heavy atom. The zero-order chi connectivity index (χ0) is 21.3. The number of carbonyl (C=O) groups is 1. The average Bonchev–Trinajstić information content (AvgIpc) is 2.70. The smallest absolute Gasteiger partial charge is 0.234 e. The quantitative estimate of drug-likeness (QED) is 0.690. The Morgan fingerprint density at radius 1 is 1.20 bits per heavy atom. The lowest BCUT2D eigenvalue weighted by Gasteiger charge is -2.33. The Morgan fingerprint density at radius 2 is 1.97 bits per heavy atom. The lowest BCUT2D eigenvalue weighted by atomic mass is 10.0. The third-order valence-corrected chi connectivity index (χ3v) is 5.53. The highest BCUT2D eigenvalue weighted by Crippen LogP contribution is 2.16. The van der Waals surface area contributed by atoms with Gasteiger partial charge in [0.15, 0.2) is 0 Å². The first-order valence-corrected chi connectivity index (χ1v) is 11.1. The van der Waals surface area contributed by atoms with E-state index in [0.717, 1.165) is 51.0 Å². The summed E-state index contributed by atoms with van der Waals surface area (Å²) in [5, 5.41) is 3.24. The second kappa shape index (κ2) is 11.2. The highest BCUT2D eigenvalue weighted by atomic mass is 16.2. The third-order valence-electron chi connectivity index (χ3n) is 5.53. The van der Waals surface area contributed by atoms with Gasteiger partial charge in [0.2, 0.25) is 5.91 Å². The molecule has 0 unspecified atom stereocenters. The summed E-state index contributed by atoms with van der Waals surface area (Å²) in [5.41, 5.74) is 3.88. The van der Waals surface area contributed by atoms with Gasteiger partial charge in [-0.15, -0.1) is 0 Å². The molecule has 0 bridgehead atoms. The lowest BCUT2D eigenvalue weighted by molar-refractivity contribution is -0.123. The van der Waals surface area contributed by atoms with Crippen LogP contribution in [-0.4, -0.2) is 53.4 Å². The second-order valence-electron chi connectivity index (χ2n) is 9.09. The summed E-state index contributed by atoms with van der Waals surface area (Å²) in [6, 6.07) is 13.2. The number of likely N-dealkylation sites (N-methyl/N-ethyl adjacent to an activating group) is 1. The number of nitrogens with zero attached hydrogens (tertiary/aromatic N) is 3. The molecule has 1 aliphatic rings. The number of likely N-dealkylation sites (tertiary alicyclic amines) is 1. The molecule has 30 heavy (non-hydrogen) atoms. The van der Waals surface area contributed by atoms with Crippen LogP contribution in [0, 0.1) is 5.92 Å². The van der Waals surface area contributed by atoms with Crippen molar-refractivity contribution >= 4 is 5.91 Å². The molecule has 162 valence electrons. The van der Waals surface area contributed by atoms with Gasteiger partial charge in [0, 0.05) is 38.1 Å². The van der Waals surface area contributed by atoms with Crippen molar-refractivity contribution in [3.8, 4) is 0 Å². The molecule has 1 fully saturated rings. The van der Waals surface area contributed by atoms with Gasteiger partial charge in [-0.05, 0) is 61.5 Å². The monoisotopic (exact) mass is 408 g/mol. The molecule has 1 aromatic heterocycles. The molecule has 1 N–H and O–H groups in total. The van der Waals surface area contributed by atoms with Gasteiger partial charge in [-0.1, -0.05) is 44.2 Å². The predicted molar refractivity (Wildman–Crippen MR) is 122 cm³/mol. The number of rotatable bonds is 9. The molecule has 0 spiro atoms. The predicted octanol–water partition coefficient (Wildman–Crippen LogP) is 3.49. The Bertz CT molecular complexity index is 775.